The van der Waals surface area contributed by atoms with Gasteiger partial charge in [-0.25, -0.2) is 4.68 Å². The fourth-order valence-electron chi connectivity index (χ4n) is 3.02. The van der Waals surface area contributed by atoms with Crippen molar-refractivity contribution < 1.29 is 9.59 Å². The summed E-state index contributed by atoms with van der Waals surface area (Å²) in [5, 5.41) is 9.73. The SMILES string of the molecule is CC(=O)Nc1cccc(NC(=O)Cn2nc(-c3ccc(C)cc3C)ccc2=O)c1. The molecule has 0 spiro atoms. The van der Waals surface area contributed by atoms with Crippen molar-refractivity contribution in [3.05, 3.63) is 76.1 Å². The lowest BCUT2D eigenvalue weighted by Crippen LogP contribution is -2.29. The quantitative estimate of drug-likeness (QED) is 0.700. The van der Waals surface area contributed by atoms with E-state index in [9.17, 15) is 14.4 Å². The number of carbonyl (C=O) groups is 2. The first kappa shape index (κ1) is 20.0. The minimum absolute atomic E-state index is 0.201. The zero-order valence-corrected chi connectivity index (χ0v) is 16.5. The minimum atomic E-state index is -0.391. The molecule has 0 bridgehead atoms. The van der Waals surface area contributed by atoms with Gasteiger partial charge in [0.15, 0.2) is 0 Å². The summed E-state index contributed by atoms with van der Waals surface area (Å²) in [6, 6.07) is 15.8. The Balaban J connectivity index is 1.78. The predicted molar refractivity (Wildman–Crippen MR) is 113 cm³/mol. The topological polar surface area (TPSA) is 93.1 Å². The van der Waals surface area contributed by atoms with Crippen LogP contribution in [0, 0.1) is 13.8 Å². The van der Waals surface area contributed by atoms with Gasteiger partial charge in [-0.15, -0.1) is 0 Å². The second kappa shape index (κ2) is 8.52. The first-order chi connectivity index (χ1) is 13.8. The van der Waals surface area contributed by atoms with Gasteiger partial charge in [-0.05, 0) is 43.7 Å². The van der Waals surface area contributed by atoms with E-state index in [1.165, 1.54) is 13.0 Å². The van der Waals surface area contributed by atoms with Crippen LogP contribution in [0.4, 0.5) is 11.4 Å². The van der Waals surface area contributed by atoms with Crippen molar-refractivity contribution in [3.8, 4) is 11.3 Å². The normalized spacial score (nSPS) is 10.4. The number of nitrogens with one attached hydrogen (secondary N) is 2. The van der Waals surface area contributed by atoms with Crippen molar-refractivity contribution in [2.75, 3.05) is 10.6 Å². The number of anilines is 2. The van der Waals surface area contributed by atoms with E-state index in [4.69, 9.17) is 0 Å². The molecule has 7 nitrogen and oxygen atoms in total. The Morgan fingerprint density at radius 2 is 1.69 bits per heavy atom. The van der Waals surface area contributed by atoms with Crippen LogP contribution in [0.15, 0.2) is 59.4 Å². The molecule has 2 amide bonds. The van der Waals surface area contributed by atoms with Gasteiger partial charge in [0, 0.05) is 29.9 Å². The van der Waals surface area contributed by atoms with Gasteiger partial charge in [-0.3, -0.25) is 14.4 Å². The summed E-state index contributed by atoms with van der Waals surface area (Å²) >= 11 is 0. The molecular formula is C22H22N4O3. The fourth-order valence-corrected chi connectivity index (χ4v) is 3.02. The predicted octanol–water partition coefficient (Wildman–Crippen LogP) is 3.12. The van der Waals surface area contributed by atoms with E-state index >= 15 is 0 Å². The average Bonchev–Trinajstić information content (AvgIpc) is 2.63. The zero-order valence-electron chi connectivity index (χ0n) is 16.5. The maximum atomic E-state index is 12.4. The van der Waals surface area contributed by atoms with Crippen LogP contribution in [0.5, 0.6) is 0 Å². The molecule has 0 fully saturated rings. The van der Waals surface area contributed by atoms with Crippen LogP contribution in [0.3, 0.4) is 0 Å². The second-order valence-corrected chi connectivity index (χ2v) is 6.84. The Morgan fingerprint density at radius 3 is 2.38 bits per heavy atom. The number of amides is 2. The maximum Gasteiger partial charge on any atom is 0.267 e. The van der Waals surface area contributed by atoms with Gasteiger partial charge < -0.3 is 10.6 Å². The van der Waals surface area contributed by atoms with Crippen molar-refractivity contribution in [2.24, 2.45) is 0 Å². The summed E-state index contributed by atoms with van der Waals surface area (Å²) in [7, 11) is 0. The maximum absolute atomic E-state index is 12.4. The van der Waals surface area contributed by atoms with Gasteiger partial charge >= 0.3 is 0 Å². The summed E-state index contributed by atoms with van der Waals surface area (Å²) in [6.45, 7) is 5.18. The Morgan fingerprint density at radius 1 is 0.966 bits per heavy atom. The fraction of sp³-hybridized carbons (Fsp3) is 0.182. The number of benzene rings is 2. The standard InChI is InChI=1S/C22H22N4O3/c1-14-7-8-19(15(2)11-14)20-9-10-22(29)26(25-20)13-21(28)24-18-6-4-5-17(12-18)23-16(3)27/h4-12H,13H2,1-3H3,(H,23,27)(H,24,28). The lowest BCUT2D eigenvalue weighted by molar-refractivity contribution is -0.117. The van der Waals surface area contributed by atoms with Gasteiger partial charge in [0.25, 0.3) is 5.56 Å². The van der Waals surface area contributed by atoms with Gasteiger partial charge in [-0.1, -0.05) is 29.8 Å². The van der Waals surface area contributed by atoms with Gasteiger partial charge in [0.05, 0.1) is 5.69 Å². The Labute approximate surface area is 168 Å². The molecule has 3 rings (SSSR count). The van der Waals surface area contributed by atoms with E-state index in [-0.39, 0.29) is 18.0 Å². The highest BCUT2D eigenvalue weighted by Gasteiger charge is 2.10. The van der Waals surface area contributed by atoms with Crippen LogP contribution in [-0.4, -0.2) is 21.6 Å². The van der Waals surface area contributed by atoms with Crippen molar-refractivity contribution >= 4 is 23.2 Å². The molecule has 3 aromatic rings. The molecule has 1 heterocycles. The third-order valence-corrected chi connectivity index (χ3v) is 4.28. The number of nitrogens with zero attached hydrogens (tertiary/aromatic N) is 2. The number of carbonyl (C=O) groups excluding carboxylic acids is 2. The zero-order chi connectivity index (χ0) is 21.0. The van der Waals surface area contributed by atoms with Crippen LogP contribution in [0.2, 0.25) is 0 Å². The van der Waals surface area contributed by atoms with E-state index in [0.717, 1.165) is 21.4 Å². The number of hydrogen-bond acceptors (Lipinski definition) is 4. The highest BCUT2D eigenvalue weighted by atomic mass is 16.2. The molecule has 0 saturated heterocycles. The number of aryl methyl sites for hydroxylation is 2. The summed E-state index contributed by atoms with van der Waals surface area (Å²) in [5.74, 6) is -0.593. The Kier molecular flexibility index (Phi) is 5.87. The molecule has 0 radical (unpaired) electrons. The third-order valence-electron chi connectivity index (χ3n) is 4.28. The first-order valence-electron chi connectivity index (χ1n) is 9.15. The molecule has 1 aromatic heterocycles. The largest absolute Gasteiger partial charge is 0.326 e. The first-order valence-corrected chi connectivity index (χ1v) is 9.15. The van der Waals surface area contributed by atoms with Crippen LogP contribution >= 0.6 is 0 Å². The van der Waals surface area contributed by atoms with E-state index in [0.29, 0.717) is 17.1 Å². The molecule has 29 heavy (non-hydrogen) atoms. The highest BCUT2D eigenvalue weighted by Crippen LogP contribution is 2.21. The molecule has 148 valence electrons. The highest BCUT2D eigenvalue weighted by molar-refractivity contribution is 5.93. The monoisotopic (exact) mass is 390 g/mol. The Hall–Kier alpha value is -3.74. The molecular weight excluding hydrogens is 368 g/mol. The number of aromatic nitrogens is 2. The van der Waals surface area contributed by atoms with E-state index in [1.807, 2.05) is 32.0 Å². The van der Waals surface area contributed by atoms with Gasteiger partial charge in [0.1, 0.15) is 6.54 Å². The number of rotatable bonds is 5. The van der Waals surface area contributed by atoms with Crippen molar-refractivity contribution in [3.63, 3.8) is 0 Å². The average molecular weight is 390 g/mol. The van der Waals surface area contributed by atoms with Crippen LogP contribution in [0.1, 0.15) is 18.1 Å². The summed E-state index contributed by atoms with van der Waals surface area (Å²) < 4.78 is 1.14. The van der Waals surface area contributed by atoms with Crippen molar-refractivity contribution in [1.82, 2.24) is 9.78 Å². The van der Waals surface area contributed by atoms with Crippen LogP contribution < -0.4 is 16.2 Å². The van der Waals surface area contributed by atoms with Crippen LogP contribution in [0.25, 0.3) is 11.3 Å². The van der Waals surface area contributed by atoms with Crippen LogP contribution in [-0.2, 0) is 16.1 Å². The molecule has 0 aliphatic rings. The lowest BCUT2D eigenvalue weighted by atomic mass is 10.0. The van der Waals surface area contributed by atoms with Crippen molar-refractivity contribution in [2.45, 2.75) is 27.3 Å². The molecule has 2 aromatic carbocycles. The summed E-state index contributed by atoms with van der Waals surface area (Å²) in [5.41, 5.74) is 4.45. The molecule has 7 heteroatoms. The molecule has 0 unspecified atom stereocenters. The second-order valence-electron chi connectivity index (χ2n) is 6.84. The minimum Gasteiger partial charge on any atom is -0.326 e. The van der Waals surface area contributed by atoms with Gasteiger partial charge in [0.2, 0.25) is 11.8 Å². The molecule has 0 atom stereocenters. The Bertz CT molecular complexity index is 1130. The third kappa shape index (κ3) is 5.16. The smallest absolute Gasteiger partial charge is 0.267 e. The molecule has 0 saturated carbocycles. The van der Waals surface area contributed by atoms with Gasteiger partial charge in [-0.2, -0.15) is 5.10 Å². The van der Waals surface area contributed by atoms with E-state index < -0.39 is 5.91 Å². The summed E-state index contributed by atoms with van der Waals surface area (Å²) in [4.78, 5) is 35.8. The lowest BCUT2D eigenvalue weighted by Gasteiger charge is -2.11. The van der Waals surface area contributed by atoms with E-state index in [2.05, 4.69) is 15.7 Å². The van der Waals surface area contributed by atoms with E-state index in [1.54, 1.807) is 30.3 Å². The molecule has 0 aliphatic heterocycles. The summed E-state index contributed by atoms with van der Waals surface area (Å²) in [6.07, 6.45) is 0. The number of hydrogen-bond donors (Lipinski definition) is 2. The molecule has 2 N–H and O–H groups in total. The van der Waals surface area contributed by atoms with Crippen molar-refractivity contribution in [1.29, 1.82) is 0 Å². The molecule has 0 aliphatic carbocycles.